The van der Waals surface area contributed by atoms with Crippen LogP contribution in [-0.2, 0) is 4.79 Å². The van der Waals surface area contributed by atoms with Gasteiger partial charge >= 0.3 is 0 Å². The lowest BCUT2D eigenvalue weighted by molar-refractivity contribution is -0.110. The van der Waals surface area contributed by atoms with E-state index in [0.29, 0.717) is 10.6 Å². The minimum absolute atomic E-state index is 0.0979. The zero-order valence-corrected chi connectivity index (χ0v) is 14.5. The summed E-state index contributed by atoms with van der Waals surface area (Å²) < 4.78 is 0. The van der Waals surface area contributed by atoms with E-state index in [2.05, 4.69) is 35.6 Å². The number of fused-ring (bicyclic) bond motifs is 3. The monoisotopic (exact) mass is 355 g/mol. The molecule has 0 unspecified atom stereocenters. The second kappa shape index (κ2) is 5.72. The summed E-state index contributed by atoms with van der Waals surface area (Å²) in [7, 11) is 0. The fraction of sp³-hybridized carbons (Fsp3) is 0. The van der Waals surface area contributed by atoms with E-state index in [4.69, 9.17) is 11.6 Å². The van der Waals surface area contributed by atoms with E-state index in [-0.39, 0.29) is 5.91 Å². The third-order valence-corrected chi connectivity index (χ3v) is 5.10. The number of carbonyl (C=O) groups excluding carboxylic acids is 1. The van der Waals surface area contributed by atoms with E-state index >= 15 is 0 Å². The van der Waals surface area contributed by atoms with Gasteiger partial charge in [-0.15, -0.1) is 0 Å². The van der Waals surface area contributed by atoms with Gasteiger partial charge < -0.3 is 5.32 Å². The number of hydrogen-bond acceptors (Lipinski definition) is 1. The Bertz CT molecular complexity index is 1190. The normalized spacial score (nSPS) is 14.8. The molecule has 124 valence electrons. The van der Waals surface area contributed by atoms with Gasteiger partial charge in [-0.2, -0.15) is 0 Å². The Morgan fingerprint density at radius 2 is 1.46 bits per heavy atom. The standard InChI is InChI=1S/C23H14ClNO/c24-16-9-10-22-20(12-16)21(23(26)25-22)13-19-17-7-3-1-5-14(17)11-15-6-2-4-8-18(15)19/h1-13H,(H,25,26). The van der Waals surface area contributed by atoms with Gasteiger partial charge in [0.1, 0.15) is 0 Å². The molecule has 2 nitrogen and oxygen atoms in total. The van der Waals surface area contributed by atoms with Crippen LogP contribution in [0.25, 0.3) is 33.2 Å². The molecule has 1 heterocycles. The van der Waals surface area contributed by atoms with Gasteiger partial charge in [0.05, 0.1) is 0 Å². The van der Waals surface area contributed by atoms with Gasteiger partial charge in [-0.1, -0.05) is 60.1 Å². The van der Waals surface area contributed by atoms with E-state index in [1.807, 2.05) is 42.5 Å². The topological polar surface area (TPSA) is 29.1 Å². The summed E-state index contributed by atoms with van der Waals surface area (Å²) in [5, 5.41) is 8.11. The van der Waals surface area contributed by atoms with E-state index in [1.165, 1.54) is 0 Å². The summed E-state index contributed by atoms with van der Waals surface area (Å²) in [5.74, 6) is -0.0979. The summed E-state index contributed by atoms with van der Waals surface area (Å²) >= 11 is 6.16. The van der Waals surface area contributed by atoms with E-state index < -0.39 is 0 Å². The highest BCUT2D eigenvalue weighted by Crippen LogP contribution is 2.37. The van der Waals surface area contributed by atoms with Gasteiger partial charge in [0.2, 0.25) is 0 Å². The zero-order chi connectivity index (χ0) is 17.7. The number of halogens is 1. The predicted octanol–water partition coefficient (Wildman–Crippen LogP) is 6.14. The third-order valence-electron chi connectivity index (χ3n) is 4.87. The van der Waals surface area contributed by atoms with Gasteiger partial charge in [-0.3, -0.25) is 4.79 Å². The van der Waals surface area contributed by atoms with E-state index in [0.717, 1.165) is 38.4 Å². The Morgan fingerprint density at radius 1 is 0.808 bits per heavy atom. The lowest BCUT2D eigenvalue weighted by atomic mass is 9.94. The first kappa shape index (κ1) is 15.2. The maximum Gasteiger partial charge on any atom is 0.256 e. The minimum atomic E-state index is -0.0979. The molecular formula is C23H14ClNO. The molecule has 0 saturated carbocycles. The molecule has 0 aliphatic carbocycles. The first-order chi connectivity index (χ1) is 12.7. The molecule has 3 heteroatoms. The number of benzene rings is 4. The number of rotatable bonds is 1. The Kier molecular flexibility index (Phi) is 3.34. The van der Waals surface area contributed by atoms with Gasteiger partial charge in [-0.05, 0) is 57.4 Å². The van der Waals surface area contributed by atoms with Crippen LogP contribution in [0.3, 0.4) is 0 Å². The fourth-order valence-corrected chi connectivity index (χ4v) is 3.82. The second-order valence-electron chi connectivity index (χ2n) is 6.43. The maximum atomic E-state index is 12.6. The van der Waals surface area contributed by atoms with Gasteiger partial charge in [0.15, 0.2) is 0 Å². The molecule has 4 aromatic rings. The summed E-state index contributed by atoms with van der Waals surface area (Å²) in [6, 6.07) is 24.2. The highest BCUT2D eigenvalue weighted by molar-refractivity contribution is 6.37. The van der Waals surface area contributed by atoms with Crippen LogP contribution in [0.5, 0.6) is 0 Å². The average molecular weight is 356 g/mol. The molecule has 1 aliphatic heterocycles. The highest BCUT2D eigenvalue weighted by Gasteiger charge is 2.24. The molecule has 0 radical (unpaired) electrons. The second-order valence-corrected chi connectivity index (χ2v) is 6.87. The molecule has 1 aliphatic rings. The Hall–Kier alpha value is -3.10. The van der Waals surface area contributed by atoms with E-state index in [9.17, 15) is 4.79 Å². The van der Waals surface area contributed by atoms with Crippen molar-refractivity contribution in [3.05, 3.63) is 88.9 Å². The SMILES string of the molecule is O=C1Nc2ccc(Cl)cc2C1=Cc1c2ccccc2cc2ccccc12. The minimum Gasteiger partial charge on any atom is -0.321 e. The lowest BCUT2D eigenvalue weighted by Crippen LogP contribution is -2.03. The van der Waals surface area contributed by atoms with Gasteiger partial charge in [0.25, 0.3) is 5.91 Å². The predicted molar refractivity (Wildman–Crippen MR) is 109 cm³/mol. The van der Waals surface area contributed by atoms with Crippen molar-refractivity contribution >= 4 is 56.4 Å². The van der Waals surface area contributed by atoms with Crippen LogP contribution in [0.1, 0.15) is 11.1 Å². The molecule has 1 N–H and O–H groups in total. The molecule has 1 amide bonds. The van der Waals surface area contributed by atoms with Crippen molar-refractivity contribution in [3.63, 3.8) is 0 Å². The Balaban J connectivity index is 1.86. The fourth-order valence-electron chi connectivity index (χ4n) is 3.65. The van der Waals surface area contributed by atoms with Gasteiger partial charge in [-0.25, -0.2) is 0 Å². The summed E-state index contributed by atoms with van der Waals surface area (Å²) in [6.45, 7) is 0. The van der Waals surface area contributed by atoms with Crippen LogP contribution in [0, 0.1) is 0 Å². The van der Waals surface area contributed by atoms with Crippen molar-refractivity contribution in [1.29, 1.82) is 0 Å². The van der Waals surface area contributed by atoms with Crippen molar-refractivity contribution in [3.8, 4) is 0 Å². The number of anilines is 1. The van der Waals surface area contributed by atoms with Crippen LogP contribution < -0.4 is 5.32 Å². The van der Waals surface area contributed by atoms with E-state index in [1.54, 1.807) is 6.07 Å². The quantitative estimate of drug-likeness (QED) is 0.322. The maximum absolute atomic E-state index is 12.6. The molecule has 0 saturated heterocycles. The van der Waals surface area contributed by atoms with Crippen LogP contribution >= 0.6 is 11.6 Å². The molecule has 0 atom stereocenters. The molecular weight excluding hydrogens is 342 g/mol. The van der Waals surface area contributed by atoms with Crippen molar-refractivity contribution in [2.24, 2.45) is 0 Å². The average Bonchev–Trinajstić information content (AvgIpc) is 2.96. The highest BCUT2D eigenvalue weighted by atomic mass is 35.5. The summed E-state index contributed by atoms with van der Waals surface area (Å²) in [6.07, 6.45) is 1.99. The number of carbonyl (C=O) groups is 1. The largest absolute Gasteiger partial charge is 0.321 e. The first-order valence-corrected chi connectivity index (χ1v) is 8.82. The van der Waals surface area contributed by atoms with Crippen LogP contribution in [-0.4, -0.2) is 5.91 Å². The number of hydrogen-bond donors (Lipinski definition) is 1. The molecule has 0 aromatic heterocycles. The summed E-state index contributed by atoms with van der Waals surface area (Å²) in [4.78, 5) is 12.6. The van der Waals surface area contributed by atoms with Crippen LogP contribution in [0.2, 0.25) is 5.02 Å². The van der Waals surface area contributed by atoms with Crippen molar-refractivity contribution in [1.82, 2.24) is 0 Å². The molecule has 0 spiro atoms. The molecule has 0 bridgehead atoms. The molecule has 4 aromatic carbocycles. The number of amides is 1. The number of nitrogens with one attached hydrogen (secondary N) is 1. The Labute approximate surface area is 155 Å². The van der Waals surface area contributed by atoms with Crippen LogP contribution in [0.15, 0.2) is 72.8 Å². The molecule has 26 heavy (non-hydrogen) atoms. The van der Waals surface area contributed by atoms with Crippen molar-refractivity contribution in [2.45, 2.75) is 0 Å². The molecule has 0 fully saturated rings. The van der Waals surface area contributed by atoms with Crippen molar-refractivity contribution in [2.75, 3.05) is 5.32 Å². The molecule has 5 rings (SSSR count). The summed E-state index contributed by atoms with van der Waals surface area (Å²) in [5.41, 5.74) is 3.34. The van der Waals surface area contributed by atoms with Crippen molar-refractivity contribution < 1.29 is 4.79 Å². The zero-order valence-electron chi connectivity index (χ0n) is 13.8. The first-order valence-electron chi connectivity index (χ1n) is 8.44. The Morgan fingerprint density at radius 3 is 2.15 bits per heavy atom. The smallest absolute Gasteiger partial charge is 0.256 e. The third kappa shape index (κ3) is 2.31. The van der Waals surface area contributed by atoms with Crippen LogP contribution in [0.4, 0.5) is 5.69 Å². The lowest BCUT2D eigenvalue weighted by Gasteiger charge is -2.09. The van der Waals surface area contributed by atoms with Gasteiger partial charge in [0, 0.05) is 21.8 Å².